The molecule has 0 bridgehead atoms. The van der Waals surface area contributed by atoms with E-state index in [4.69, 9.17) is 4.74 Å². The summed E-state index contributed by atoms with van der Waals surface area (Å²) in [5, 5.41) is 9.40. The Morgan fingerprint density at radius 2 is 1.54 bits per heavy atom. The molecule has 0 aliphatic carbocycles. The van der Waals surface area contributed by atoms with Gasteiger partial charge < -0.3 is 9.84 Å². The summed E-state index contributed by atoms with van der Waals surface area (Å²) in [5.41, 5.74) is 3.20. The van der Waals surface area contributed by atoms with E-state index in [0.717, 1.165) is 22.6 Å². The Balaban J connectivity index is 1.58. The van der Waals surface area contributed by atoms with Crippen molar-refractivity contribution in [3.05, 3.63) is 115 Å². The van der Waals surface area contributed by atoms with Crippen LogP contribution in [0.1, 0.15) is 16.5 Å². The minimum Gasteiger partial charge on any atom is -0.497 e. The van der Waals surface area contributed by atoms with Gasteiger partial charge in [-0.25, -0.2) is 8.42 Å². The van der Waals surface area contributed by atoms with Gasteiger partial charge in [-0.3, -0.25) is 9.78 Å². The molecule has 4 rings (SSSR count). The van der Waals surface area contributed by atoms with Gasteiger partial charge in [-0.15, -0.1) is 11.8 Å². The van der Waals surface area contributed by atoms with E-state index in [1.54, 1.807) is 55.8 Å². The van der Waals surface area contributed by atoms with Crippen molar-refractivity contribution in [2.45, 2.75) is 21.9 Å². The fourth-order valence-electron chi connectivity index (χ4n) is 3.77. The van der Waals surface area contributed by atoms with Crippen LogP contribution in [0.25, 0.3) is 11.1 Å². The first-order chi connectivity index (χ1) is 17.9. The van der Waals surface area contributed by atoms with Gasteiger partial charge in [-0.05, 0) is 53.1 Å². The number of sulfonamides is 1. The van der Waals surface area contributed by atoms with Crippen LogP contribution in [0.3, 0.4) is 0 Å². The number of nitrogens with one attached hydrogen (secondary N) is 1. The van der Waals surface area contributed by atoms with E-state index in [9.17, 15) is 18.3 Å². The summed E-state index contributed by atoms with van der Waals surface area (Å²) >= 11 is 1.32. The van der Waals surface area contributed by atoms with Gasteiger partial charge in [0.25, 0.3) is 0 Å². The lowest BCUT2D eigenvalue weighted by Gasteiger charge is -2.25. The maximum absolute atomic E-state index is 13.3. The number of nitrogens with zero attached hydrogens (tertiary/aromatic N) is 1. The molecule has 1 heterocycles. The lowest BCUT2D eigenvalue weighted by Crippen LogP contribution is -2.44. The molecule has 0 amide bonds. The maximum atomic E-state index is 13.3. The molecule has 0 spiro atoms. The van der Waals surface area contributed by atoms with Crippen LogP contribution in [-0.2, 0) is 20.6 Å². The number of aromatic nitrogens is 1. The number of carbonyl (C=O) groups is 1. The van der Waals surface area contributed by atoms with Gasteiger partial charge in [0.2, 0.25) is 10.0 Å². The Morgan fingerprint density at radius 3 is 2.11 bits per heavy atom. The first-order valence-electron chi connectivity index (χ1n) is 11.4. The Hall–Kier alpha value is -3.66. The SMILES string of the molecule is COc1ccc(-c2ccc(S(=O)(=O)NC(C(=O)O)C(SCc3ccccn3)c3ccccc3)cc2)cc1. The van der Waals surface area contributed by atoms with E-state index >= 15 is 0 Å². The smallest absolute Gasteiger partial charge is 0.323 e. The van der Waals surface area contributed by atoms with Crippen molar-refractivity contribution in [2.24, 2.45) is 0 Å². The van der Waals surface area contributed by atoms with Crippen LogP contribution in [-0.4, -0.2) is 37.6 Å². The van der Waals surface area contributed by atoms with Crippen LogP contribution in [0.4, 0.5) is 0 Å². The largest absolute Gasteiger partial charge is 0.497 e. The lowest BCUT2D eigenvalue weighted by molar-refractivity contribution is -0.139. The number of rotatable bonds is 11. The molecule has 2 atom stereocenters. The predicted octanol–water partition coefficient (Wildman–Crippen LogP) is 5.16. The molecular weight excluding hydrogens is 508 g/mol. The molecule has 2 unspecified atom stereocenters. The highest BCUT2D eigenvalue weighted by Gasteiger charge is 2.34. The summed E-state index contributed by atoms with van der Waals surface area (Å²) in [6.45, 7) is 0. The molecule has 7 nitrogen and oxygen atoms in total. The van der Waals surface area contributed by atoms with Crippen molar-refractivity contribution in [1.29, 1.82) is 0 Å². The summed E-state index contributed by atoms with van der Waals surface area (Å²) in [5.74, 6) is -0.121. The first kappa shape index (κ1) is 26.4. The zero-order valence-electron chi connectivity index (χ0n) is 20.0. The number of aliphatic carboxylic acids is 1. The molecule has 0 aliphatic heterocycles. The van der Waals surface area contributed by atoms with Gasteiger partial charge in [0.05, 0.1) is 22.9 Å². The number of hydrogen-bond donors (Lipinski definition) is 2. The number of ether oxygens (including phenoxy) is 1. The van der Waals surface area contributed by atoms with Gasteiger partial charge in [0, 0.05) is 11.9 Å². The average molecular weight is 535 g/mol. The summed E-state index contributed by atoms with van der Waals surface area (Å²) in [4.78, 5) is 16.6. The maximum Gasteiger partial charge on any atom is 0.323 e. The summed E-state index contributed by atoms with van der Waals surface area (Å²) < 4.78 is 34.2. The molecule has 0 aliphatic rings. The quantitative estimate of drug-likeness (QED) is 0.274. The molecule has 4 aromatic rings. The Kier molecular flexibility index (Phi) is 8.60. The molecule has 0 fully saturated rings. The van der Waals surface area contributed by atoms with Crippen LogP contribution in [0, 0.1) is 0 Å². The van der Waals surface area contributed by atoms with Gasteiger partial charge in [0.1, 0.15) is 11.8 Å². The van der Waals surface area contributed by atoms with Crippen molar-refractivity contribution >= 4 is 27.8 Å². The molecule has 2 N–H and O–H groups in total. The summed E-state index contributed by atoms with van der Waals surface area (Å²) in [6.07, 6.45) is 1.67. The van der Waals surface area contributed by atoms with E-state index in [1.807, 2.05) is 42.5 Å². The zero-order chi connectivity index (χ0) is 26.3. The Bertz CT molecular complexity index is 1410. The van der Waals surface area contributed by atoms with Crippen LogP contribution >= 0.6 is 11.8 Å². The van der Waals surface area contributed by atoms with Crippen LogP contribution in [0.2, 0.25) is 0 Å². The van der Waals surface area contributed by atoms with Crippen molar-refractivity contribution in [3.8, 4) is 16.9 Å². The number of hydrogen-bond acceptors (Lipinski definition) is 6. The minimum absolute atomic E-state index is 0.0162. The van der Waals surface area contributed by atoms with Gasteiger partial charge in [0.15, 0.2) is 0 Å². The molecule has 190 valence electrons. The number of carboxylic acids is 1. The Morgan fingerprint density at radius 1 is 0.919 bits per heavy atom. The topological polar surface area (TPSA) is 106 Å². The van der Waals surface area contributed by atoms with Crippen LogP contribution < -0.4 is 9.46 Å². The molecule has 9 heteroatoms. The molecule has 0 saturated carbocycles. The standard InChI is InChI=1S/C28H26N2O5S2/c1-35-24-14-10-20(11-15-24)21-12-16-25(17-13-21)37(33,34)30-26(28(31)32)27(22-7-3-2-4-8-22)36-19-23-9-5-6-18-29-23/h2-18,26-27,30H,19H2,1H3,(H,31,32). The molecule has 0 saturated heterocycles. The van der Waals surface area contributed by atoms with E-state index in [2.05, 4.69) is 9.71 Å². The predicted molar refractivity (Wildman–Crippen MR) is 145 cm³/mol. The number of pyridine rings is 1. The van der Waals surface area contributed by atoms with E-state index < -0.39 is 27.3 Å². The first-order valence-corrected chi connectivity index (χ1v) is 14.0. The van der Waals surface area contributed by atoms with Crippen molar-refractivity contribution in [3.63, 3.8) is 0 Å². The number of benzene rings is 3. The van der Waals surface area contributed by atoms with Gasteiger partial charge in [-0.1, -0.05) is 60.7 Å². The molecule has 0 radical (unpaired) electrons. The third-order valence-corrected chi connectivity index (χ3v) is 8.53. The number of thioether (sulfide) groups is 1. The molecule has 37 heavy (non-hydrogen) atoms. The number of methoxy groups -OCH3 is 1. The second kappa shape index (κ2) is 12.1. The van der Waals surface area contributed by atoms with Crippen LogP contribution in [0.5, 0.6) is 5.75 Å². The molecule has 1 aromatic heterocycles. The third kappa shape index (κ3) is 6.76. The molecule has 3 aromatic carbocycles. The van der Waals surface area contributed by atoms with E-state index in [-0.39, 0.29) is 4.90 Å². The minimum atomic E-state index is -4.13. The summed E-state index contributed by atoms with van der Waals surface area (Å²) in [6, 6.07) is 26.9. The second-order valence-corrected chi connectivity index (χ2v) is 11.0. The highest BCUT2D eigenvalue weighted by molar-refractivity contribution is 7.98. The normalized spacial score (nSPS) is 13.0. The van der Waals surface area contributed by atoms with Gasteiger partial charge >= 0.3 is 5.97 Å². The Labute approximate surface area is 220 Å². The highest BCUT2D eigenvalue weighted by atomic mass is 32.2. The van der Waals surface area contributed by atoms with Crippen molar-refractivity contribution in [1.82, 2.24) is 9.71 Å². The third-order valence-electron chi connectivity index (χ3n) is 5.70. The van der Waals surface area contributed by atoms with Crippen molar-refractivity contribution < 1.29 is 23.1 Å². The van der Waals surface area contributed by atoms with E-state index in [0.29, 0.717) is 11.3 Å². The second-order valence-electron chi connectivity index (χ2n) is 8.15. The van der Waals surface area contributed by atoms with Crippen molar-refractivity contribution in [2.75, 3.05) is 7.11 Å². The molecular formula is C28H26N2O5S2. The fraction of sp³-hybridized carbons (Fsp3) is 0.143. The van der Waals surface area contributed by atoms with E-state index in [1.165, 1.54) is 23.9 Å². The fourth-order valence-corrected chi connectivity index (χ4v) is 6.31. The zero-order valence-corrected chi connectivity index (χ0v) is 21.7. The van der Waals surface area contributed by atoms with Crippen LogP contribution in [0.15, 0.2) is 108 Å². The monoisotopic (exact) mass is 534 g/mol. The average Bonchev–Trinajstić information content (AvgIpc) is 2.93. The van der Waals surface area contributed by atoms with Gasteiger partial charge in [-0.2, -0.15) is 4.72 Å². The number of carboxylic acid groups (broad SMARTS) is 1. The lowest BCUT2D eigenvalue weighted by atomic mass is 10.1. The summed E-state index contributed by atoms with van der Waals surface area (Å²) in [7, 11) is -2.54. The highest BCUT2D eigenvalue weighted by Crippen LogP contribution is 2.35.